The van der Waals surface area contributed by atoms with Crippen molar-refractivity contribution in [1.82, 2.24) is 15.1 Å². The number of hydrogen-bond donors (Lipinski definition) is 1. The van der Waals surface area contributed by atoms with Crippen molar-refractivity contribution in [2.75, 3.05) is 6.54 Å². The highest BCUT2D eigenvalue weighted by Crippen LogP contribution is 2.30. The van der Waals surface area contributed by atoms with Gasteiger partial charge in [-0.2, -0.15) is 0 Å². The van der Waals surface area contributed by atoms with Crippen molar-refractivity contribution in [3.8, 4) is 0 Å². The van der Waals surface area contributed by atoms with Crippen LogP contribution in [0.1, 0.15) is 69.8 Å². The molecular formula is C24H33N3O3. The van der Waals surface area contributed by atoms with E-state index in [-0.39, 0.29) is 30.4 Å². The number of rotatable bonds is 6. The van der Waals surface area contributed by atoms with E-state index in [4.69, 9.17) is 0 Å². The maximum Gasteiger partial charge on any atom is 0.325 e. The summed E-state index contributed by atoms with van der Waals surface area (Å²) in [6, 6.07) is 9.14. The van der Waals surface area contributed by atoms with Crippen molar-refractivity contribution in [2.24, 2.45) is 0 Å². The lowest BCUT2D eigenvalue weighted by Gasteiger charge is -2.42. The first kappa shape index (κ1) is 20.9. The van der Waals surface area contributed by atoms with Crippen LogP contribution in [0.25, 0.3) is 0 Å². The van der Waals surface area contributed by atoms with Gasteiger partial charge in [0.25, 0.3) is 5.91 Å². The Kier molecular flexibility index (Phi) is 6.70. The van der Waals surface area contributed by atoms with Gasteiger partial charge in [0.05, 0.1) is 0 Å². The lowest BCUT2D eigenvalue weighted by atomic mass is 9.88. The first-order chi connectivity index (χ1) is 14.6. The summed E-state index contributed by atoms with van der Waals surface area (Å²) in [7, 11) is 0. The lowest BCUT2D eigenvalue weighted by molar-refractivity contribution is -0.142. The second kappa shape index (κ2) is 9.63. The Labute approximate surface area is 179 Å². The predicted octanol–water partition coefficient (Wildman–Crippen LogP) is 3.64. The highest BCUT2D eigenvalue weighted by atomic mass is 16.2. The number of imide groups is 1. The van der Waals surface area contributed by atoms with Gasteiger partial charge in [0, 0.05) is 18.5 Å². The Morgan fingerprint density at radius 2 is 1.47 bits per heavy atom. The number of urea groups is 1. The van der Waals surface area contributed by atoms with Crippen LogP contribution in [0.4, 0.5) is 4.79 Å². The summed E-state index contributed by atoms with van der Waals surface area (Å²) in [5.41, 5.74) is 0.996. The molecule has 30 heavy (non-hydrogen) atoms. The fourth-order valence-electron chi connectivity index (χ4n) is 5.36. The fourth-order valence-corrected chi connectivity index (χ4v) is 5.36. The summed E-state index contributed by atoms with van der Waals surface area (Å²) in [6.45, 7) is -0.136. The van der Waals surface area contributed by atoms with E-state index < -0.39 is 12.1 Å². The lowest BCUT2D eigenvalue weighted by Crippen LogP contribution is -2.52. The number of benzene rings is 1. The van der Waals surface area contributed by atoms with Crippen LogP contribution in [0, 0.1) is 0 Å². The number of hydrogen-bond acceptors (Lipinski definition) is 3. The van der Waals surface area contributed by atoms with Gasteiger partial charge in [0.15, 0.2) is 0 Å². The third-order valence-electron chi connectivity index (χ3n) is 6.91. The Morgan fingerprint density at radius 3 is 2.03 bits per heavy atom. The van der Waals surface area contributed by atoms with E-state index in [1.165, 1.54) is 12.8 Å². The monoisotopic (exact) mass is 411 g/mol. The van der Waals surface area contributed by atoms with Crippen molar-refractivity contribution in [2.45, 2.75) is 88.8 Å². The van der Waals surface area contributed by atoms with Crippen LogP contribution < -0.4 is 5.32 Å². The summed E-state index contributed by atoms with van der Waals surface area (Å²) in [4.78, 5) is 42.0. The normalized spacial score (nSPS) is 23.5. The number of carbonyl (C=O) groups excluding carboxylic acids is 3. The molecule has 1 saturated heterocycles. The average Bonchev–Trinajstić information content (AvgIpc) is 3.03. The molecule has 4 amide bonds. The molecule has 2 saturated carbocycles. The highest BCUT2D eigenvalue weighted by molar-refractivity contribution is 6.06. The molecule has 6 heteroatoms. The van der Waals surface area contributed by atoms with E-state index in [0.29, 0.717) is 6.42 Å². The zero-order valence-electron chi connectivity index (χ0n) is 17.7. The van der Waals surface area contributed by atoms with Crippen molar-refractivity contribution in [3.05, 3.63) is 35.9 Å². The molecule has 0 unspecified atom stereocenters. The molecule has 3 aliphatic rings. The molecule has 6 nitrogen and oxygen atoms in total. The van der Waals surface area contributed by atoms with Gasteiger partial charge in [0.2, 0.25) is 5.91 Å². The van der Waals surface area contributed by atoms with Gasteiger partial charge in [-0.3, -0.25) is 14.5 Å². The van der Waals surface area contributed by atoms with Crippen LogP contribution in [0.2, 0.25) is 0 Å². The quantitative estimate of drug-likeness (QED) is 0.727. The van der Waals surface area contributed by atoms with Crippen LogP contribution >= 0.6 is 0 Å². The van der Waals surface area contributed by atoms with E-state index in [2.05, 4.69) is 10.2 Å². The fraction of sp³-hybridized carbons (Fsp3) is 0.625. The largest absolute Gasteiger partial charge is 0.335 e. The van der Waals surface area contributed by atoms with Crippen LogP contribution in [0.15, 0.2) is 30.3 Å². The Balaban J connectivity index is 1.44. The molecule has 1 aromatic carbocycles. The molecule has 1 aliphatic heterocycles. The van der Waals surface area contributed by atoms with Gasteiger partial charge >= 0.3 is 6.03 Å². The summed E-state index contributed by atoms with van der Waals surface area (Å²) < 4.78 is 0. The van der Waals surface area contributed by atoms with Crippen LogP contribution in [0.3, 0.4) is 0 Å². The maximum atomic E-state index is 13.4. The van der Waals surface area contributed by atoms with Crippen molar-refractivity contribution >= 4 is 17.8 Å². The minimum atomic E-state index is -0.592. The summed E-state index contributed by atoms with van der Waals surface area (Å²) in [6.07, 6.45) is 11.7. The van der Waals surface area contributed by atoms with Gasteiger partial charge in [-0.25, -0.2) is 4.79 Å². The highest BCUT2D eigenvalue weighted by Gasteiger charge is 2.41. The topological polar surface area (TPSA) is 69.7 Å². The molecule has 1 N–H and O–H groups in total. The molecule has 3 fully saturated rings. The summed E-state index contributed by atoms with van der Waals surface area (Å²) >= 11 is 0. The molecule has 1 aromatic rings. The smallest absolute Gasteiger partial charge is 0.325 e. The third-order valence-corrected chi connectivity index (χ3v) is 6.91. The Morgan fingerprint density at radius 1 is 0.900 bits per heavy atom. The minimum absolute atomic E-state index is 0.0577. The van der Waals surface area contributed by atoms with Crippen LogP contribution in [-0.4, -0.2) is 52.3 Å². The van der Waals surface area contributed by atoms with E-state index in [9.17, 15) is 14.4 Å². The van der Waals surface area contributed by atoms with Crippen molar-refractivity contribution in [1.29, 1.82) is 0 Å². The Hall–Kier alpha value is -2.37. The van der Waals surface area contributed by atoms with E-state index in [1.54, 1.807) is 0 Å². The molecule has 4 rings (SSSR count). The molecule has 0 aromatic heterocycles. The molecule has 1 atom stereocenters. The maximum absolute atomic E-state index is 13.4. The molecule has 1 heterocycles. The molecular weight excluding hydrogens is 378 g/mol. The molecule has 162 valence electrons. The second-order valence-electron chi connectivity index (χ2n) is 9.00. The van der Waals surface area contributed by atoms with Gasteiger partial charge in [-0.15, -0.1) is 0 Å². The van der Waals surface area contributed by atoms with E-state index >= 15 is 0 Å². The van der Waals surface area contributed by atoms with Crippen LogP contribution in [-0.2, 0) is 16.0 Å². The number of nitrogens with zero attached hydrogens (tertiary/aromatic N) is 2. The van der Waals surface area contributed by atoms with Crippen LogP contribution in [0.5, 0.6) is 0 Å². The predicted molar refractivity (Wildman–Crippen MR) is 115 cm³/mol. The minimum Gasteiger partial charge on any atom is -0.335 e. The Bertz CT molecular complexity index is 736. The number of carbonyl (C=O) groups is 3. The second-order valence-corrected chi connectivity index (χ2v) is 9.00. The number of amides is 4. The first-order valence-corrected chi connectivity index (χ1v) is 11.6. The zero-order chi connectivity index (χ0) is 20.9. The van der Waals surface area contributed by atoms with Gasteiger partial charge in [-0.1, -0.05) is 68.9 Å². The standard InChI is InChI=1S/C24H33N3O3/c28-22(27(19-12-6-2-7-13-19)20-14-8-3-9-15-20)17-26-23(29)21(25-24(26)30)16-18-10-4-1-5-11-18/h1,4-5,10-11,19-21H,2-3,6-9,12-17H2,(H,25,30)/t21-/m1/s1. The number of nitrogens with one attached hydrogen (secondary N) is 1. The molecule has 2 aliphatic carbocycles. The molecule has 0 spiro atoms. The molecule has 0 bridgehead atoms. The van der Waals surface area contributed by atoms with E-state index in [1.807, 2.05) is 30.3 Å². The van der Waals surface area contributed by atoms with Gasteiger partial charge in [-0.05, 0) is 31.2 Å². The summed E-state index contributed by atoms with van der Waals surface area (Å²) in [5, 5.41) is 2.77. The van der Waals surface area contributed by atoms with E-state index in [0.717, 1.165) is 61.8 Å². The first-order valence-electron chi connectivity index (χ1n) is 11.6. The average molecular weight is 412 g/mol. The third kappa shape index (κ3) is 4.68. The van der Waals surface area contributed by atoms with Crippen molar-refractivity contribution < 1.29 is 14.4 Å². The van der Waals surface area contributed by atoms with Gasteiger partial charge < -0.3 is 10.2 Å². The summed E-state index contributed by atoms with van der Waals surface area (Å²) in [5.74, 6) is -0.345. The zero-order valence-corrected chi connectivity index (χ0v) is 17.7. The van der Waals surface area contributed by atoms with Gasteiger partial charge in [0.1, 0.15) is 12.6 Å². The SMILES string of the molecule is O=C1N[C@H](Cc2ccccc2)C(=O)N1CC(=O)N(C1CCCCC1)C1CCCCC1. The van der Waals surface area contributed by atoms with Crippen molar-refractivity contribution in [3.63, 3.8) is 0 Å². The molecule has 0 radical (unpaired) electrons.